The summed E-state index contributed by atoms with van der Waals surface area (Å²) in [5.41, 5.74) is 8.66. The predicted octanol–water partition coefficient (Wildman–Crippen LogP) is 8.52. The molecule has 0 saturated heterocycles. The molecule has 8 rings (SSSR count). The minimum Gasteiger partial charge on any atom is -0.334 e. The molecular formula is C34H23N5S. The monoisotopic (exact) mass is 533 g/mol. The van der Waals surface area contributed by atoms with Crippen LogP contribution in [0, 0.1) is 0 Å². The Morgan fingerprint density at radius 2 is 1.55 bits per heavy atom. The maximum Gasteiger partial charge on any atom is 0.139 e. The number of rotatable bonds is 4. The second-order valence-corrected chi connectivity index (χ2v) is 10.9. The second-order valence-electron chi connectivity index (χ2n) is 9.91. The highest BCUT2D eigenvalue weighted by molar-refractivity contribution is 7.21. The Kier molecular flexibility index (Phi) is 5.15. The molecule has 0 amide bonds. The molecule has 190 valence electrons. The molecular weight excluding hydrogens is 510 g/mol. The van der Waals surface area contributed by atoms with Crippen molar-refractivity contribution in [3.63, 3.8) is 0 Å². The highest BCUT2D eigenvalue weighted by Crippen LogP contribution is 2.38. The first-order valence-electron chi connectivity index (χ1n) is 13.2. The van der Waals surface area contributed by atoms with E-state index in [1.54, 1.807) is 11.3 Å². The maximum absolute atomic E-state index is 4.95. The lowest BCUT2D eigenvalue weighted by atomic mass is 10.1. The number of nitrogens with zero attached hydrogens (tertiary/aromatic N) is 5. The van der Waals surface area contributed by atoms with E-state index in [0.29, 0.717) is 0 Å². The second kappa shape index (κ2) is 9.00. The fourth-order valence-electron chi connectivity index (χ4n) is 5.55. The third kappa shape index (κ3) is 3.65. The summed E-state index contributed by atoms with van der Waals surface area (Å²) in [5, 5.41) is 3.41. The topological polar surface area (TPSA) is 48.5 Å². The van der Waals surface area contributed by atoms with Crippen molar-refractivity contribution >= 4 is 43.4 Å². The zero-order valence-corrected chi connectivity index (χ0v) is 22.5. The highest BCUT2D eigenvalue weighted by atomic mass is 32.1. The smallest absolute Gasteiger partial charge is 0.139 e. The number of hydrogen-bond donors (Lipinski definition) is 0. The summed E-state index contributed by atoms with van der Waals surface area (Å²) in [6.07, 6.45) is 5.66. The molecule has 0 aliphatic rings. The van der Waals surface area contributed by atoms with Crippen LogP contribution in [-0.4, -0.2) is 24.1 Å². The number of fused-ring (bicyclic) bond motifs is 4. The fraction of sp³-hybridized carbons (Fsp3) is 0.0294. The van der Waals surface area contributed by atoms with Crippen LogP contribution in [0.5, 0.6) is 0 Å². The van der Waals surface area contributed by atoms with Crippen molar-refractivity contribution < 1.29 is 0 Å². The standard InChI is InChI=1S/C34H23N5S/c1-38-18-17-36-33(38)23-13-15-30-27(20-23)26-14-12-24(34-37-29-10-2-3-11-32(29)40-34)21-31(26)39(30)25-8-6-7-22(19-25)28-9-4-5-16-35-28/h2-21H,1H3. The molecule has 0 aliphatic carbocycles. The summed E-state index contributed by atoms with van der Waals surface area (Å²) in [6.45, 7) is 0. The first-order valence-corrected chi connectivity index (χ1v) is 14.0. The van der Waals surface area contributed by atoms with Crippen LogP contribution in [0.1, 0.15) is 0 Å². The van der Waals surface area contributed by atoms with E-state index in [4.69, 9.17) is 4.98 Å². The van der Waals surface area contributed by atoms with Gasteiger partial charge in [0.05, 0.1) is 26.9 Å². The molecule has 0 atom stereocenters. The Hall–Kier alpha value is -5.07. The van der Waals surface area contributed by atoms with Crippen LogP contribution in [0.15, 0.2) is 122 Å². The summed E-state index contributed by atoms with van der Waals surface area (Å²) in [6, 6.07) is 36.3. The van der Waals surface area contributed by atoms with Gasteiger partial charge in [-0.2, -0.15) is 0 Å². The number of benzene rings is 4. The summed E-state index contributed by atoms with van der Waals surface area (Å²) in [4.78, 5) is 14.1. The Balaban J connectivity index is 1.39. The number of aromatic nitrogens is 5. The van der Waals surface area contributed by atoms with E-state index in [9.17, 15) is 0 Å². The van der Waals surface area contributed by atoms with Gasteiger partial charge in [0.1, 0.15) is 10.8 Å². The molecule has 0 aliphatic heterocycles. The largest absolute Gasteiger partial charge is 0.334 e. The molecule has 6 heteroatoms. The Morgan fingerprint density at radius 3 is 2.40 bits per heavy atom. The van der Waals surface area contributed by atoms with Crippen LogP contribution < -0.4 is 0 Å². The Bertz CT molecular complexity index is 2150. The number of pyridine rings is 1. The van der Waals surface area contributed by atoms with E-state index in [0.717, 1.165) is 55.5 Å². The van der Waals surface area contributed by atoms with Crippen molar-refractivity contribution in [3.8, 4) is 38.9 Å². The molecule has 0 unspecified atom stereocenters. The predicted molar refractivity (Wildman–Crippen MR) is 165 cm³/mol. The van der Waals surface area contributed by atoms with Crippen molar-refractivity contribution in [2.75, 3.05) is 0 Å². The molecule has 4 aromatic heterocycles. The van der Waals surface area contributed by atoms with Gasteiger partial charge in [0, 0.05) is 58.8 Å². The lowest BCUT2D eigenvalue weighted by Crippen LogP contribution is -1.95. The minimum atomic E-state index is 0.950. The summed E-state index contributed by atoms with van der Waals surface area (Å²) in [7, 11) is 2.03. The van der Waals surface area contributed by atoms with Crippen molar-refractivity contribution in [1.82, 2.24) is 24.1 Å². The molecule has 4 heterocycles. The van der Waals surface area contributed by atoms with Gasteiger partial charge in [-0.3, -0.25) is 4.98 Å². The van der Waals surface area contributed by atoms with Gasteiger partial charge >= 0.3 is 0 Å². The van der Waals surface area contributed by atoms with E-state index >= 15 is 0 Å². The fourth-order valence-corrected chi connectivity index (χ4v) is 6.51. The number of thiazole rings is 1. The molecule has 4 aromatic carbocycles. The maximum atomic E-state index is 4.95. The zero-order chi connectivity index (χ0) is 26.6. The average Bonchev–Trinajstić information content (AvgIpc) is 3.72. The lowest BCUT2D eigenvalue weighted by Gasteiger charge is -2.11. The van der Waals surface area contributed by atoms with Gasteiger partial charge in [-0.25, -0.2) is 9.97 Å². The van der Waals surface area contributed by atoms with Gasteiger partial charge in [0.2, 0.25) is 0 Å². The number of para-hydroxylation sites is 1. The van der Waals surface area contributed by atoms with Gasteiger partial charge in [0.25, 0.3) is 0 Å². The third-order valence-corrected chi connectivity index (χ3v) is 8.54. The van der Waals surface area contributed by atoms with Gasteiger partial charge < -0.3 is 9.13 Å². The number of hydrogen-bond acceptors (Lipinski definition) is 4. The quantitative estimate of drug-likeness (QED) is 0.228. The van der Waals surface area contributed by atoms with Crippen molar-refractivity contribution in [2.45, 2.75) is 0 Å². The van der Waals surface area contributed by atoms with Crippen molar-refractivity contribution in [3.05, 3.63) is 122 Å². The molecule has 0 saturated carbocycles. The molecule has 0 fully saturated rings. The number of aryl methyl sites for hydroxylation is 1. The minimum absolute atomic E-state index is 0.950. The molecule has 40 heavy (non-hydrogen) atoms. The van der Waals surface area contributed by atoms with Gasteiger partial charge in [-0.05, 0) is 60.7 Å². The van der Waals surface area contributed by atoms with E-state index in [2.05, 4.69) is 104 Å². The van der Waals surface area contributed by atoms with Crippen LogP contribution in [0.3, 0.4) is 0 Å². The van der Waals surface area contributed by atoms with E-state index in [-0.39, 0.29) is 0 Å². The van der Waals surface area contributed by atoms with Gasteiger partial charge in [-0.1, -0.05) is 42.5 Å². The lowest BCUT2D eigenvalue weighted by molar-refractivity contribution is 0.925. The SMILES string of the molecule is Cn1ccnc1-c1ccc2c(c1)c1ccc(-c3nc4ccccc4s3)cc1n2-c1cccc(-c2ccccn2)c1. The molecule has 0 bridgehead atoms. The highest BCUT2D eigenvalue weighted by Gasteiger charge is 2.17. The summed E-state index contributed by atoms with van der Waals surface area (Å²) >= 11 is 1.73. The first kappa shape index (κ1) is 22.9. The molecule has 5 nitrogen and oxygen atoms in total. The molecule has 0 N–H and O–H groups in total. The molecule has 8 aromatic rings. The Labute approximate surface area is 234 Å². The van der Waals surface area contributed by atoms with Crippen molar-refractivity contribution in [2.24, 2.45) is 7.05 Å². The zero-order valence-electron chi connectivity index (χ0n) is 21.7. The van der Waals surface area contributed by atoms with E-state index in [1.165, 1.54) is 15.5 Å². The third-order valence-electron chi connectivity index (χ3n) is 7.45. The van der Waals surface area contributed by atoms with Crippen molar-refractivity contribution in [1.29, 1.82) is 0 Å². The van der Waals surface area contributed by atoms with E-state index < -0.39 is 0 Å². The number of imidazole rings is 1. The molecule has 0 spiro atoms. The van der Waals surface area contributed by atoms with Gasteiger partial charge in [-0.15, -0.1) is 11.3 Å². The van der Waals surface area contributed by atoms with Crippen LogP contribution in [0.25, 0.3) is 70.9 Å². The first-order chi connectivity index (χ1) is 19.7. The average molecular weight is 534 g/mol. The van der Waals surface area contributed by atoms with E-state index in [1.807, 2.05) is 43.8 Å². The van der Waals surface area contributed by atoms with Crippen LogP contribution in [0.2, 0.25) is 0 Å². The normalized spacial score (nSPS) is 11.6. The van der Waals surface area contributed by atoms with Gasteiger partial charge in [0.15, 0.2) is 0 Å². The van der Waals surface area contributed by atoms with Crippen LogP contribution in [0.4, 0.5) is 0 Å². The van der Waals surface area contributed by atoms with Crippen LogP contribution in [-0.2, 0) is 7.05 Å². The summed E-state index contributed by atoms with van der Waals surface area (Å²) in [5.74, 6) is 0.950. The van der Waals surface area contributed by atoms with Crippen LogP contribution >= 0.6 is 11.3 Å². The summed E-state index contributed by atoms with van der Waals surface area (Å²) < 4.78 is 5.61. The molecule has 0 radical (unpaired) electrons. The Morgan fingerprint density at radius 1 is 0.650 bits per heavy atom.